The fraction of sp³-hybridized carbons (Fsp3) is 0.500. The number of carbonyl (C=O) groups is 1. The van der Waals surface area contributed by atoms with Crippen LogP contribution in [0.3, 0.4) is 0 Å². The van der Waals surface area contributed by atoms with Crippen molar-refractivity contribution in [3.05, 3.63) is 68.8 Å². The Morgan fingerprint density at radius 2 is 1.91 bits per heavy atom. The quantitative estimate of drug-likeness (QED) is 0.374. The lowest BCUT2D eigenvalue weighted by atomic mass is 9.57. The lowest BCUT2D eigenvalue weighted by molar-refractivity contribution is -0.384. The molecule has 1 aliphatic carbocycles. The number of rotatable bonds is 6. The van der Waals surface area contributed by atoms with Gasteiger partial charge in [-0.2, -0.15) is 0 Å². The topological polar surface area (TPSA) is 108 Å². The number of carbonyl (C=O) groups excluding carboxylic acids is 1. The average Bonchev–Trinajstić information content (AvgIpc) is 2.80. The second kappa shape index (κ2) is 9.00. The van der Waals surface area contributed by atoms with Crippen molar-refractivity contribution in [1.29, 1.82) is 0 Å². The first-order valence-corrected chi connectivity index (χ1v) is 11.5. The van der Waals surface area contributed by atoms with Crippen LogP contribution in [0, 0.1) is 21.4 Å². The predicted octanol–water partition coefficient (Wildman–Crippen LogP) is 4.59. The fourth-order valence-electron chi connectivity index (χ4n) is 5.45. The maximum atomic E-state index is 12.5. The van der Waals surface area contributed by atoms with Crippen LogP contribution in [0.25, 0.3) is 0 Å². The Bertz CT molecular complexity index is 1100. The number of hydrogen-bond donors (Lipinski definition) is 1. The van der Waals surface area contributed by atoms with E-state index in [1.54, 1.807) is 7.11 Å². The zero-order valence-electron chi connectivity index (χ0n) is 20.0. The highest BCUT2D eigenvalue weighted by molar-refractivity contribution is 5.89. The van der Waals surface area contributed by atoms with E-state index in [2.05, 4.69) is 20.8 Å². The zero-order valence-corrected chi connectivity index (χ0v) is 20.0. The molecule has 0 bridgehead atoms. The molecular weight excluding hydrogens is 438 g/mol. The molecule has 1 N–H and O–H groups in total. The number of benzene rings is 2. The van der Waals surface area contributed by atoms with Crippen LogP contribution in [0.2, 0.25) is 0 Å². The number of aliphatic hydroxyl groups is 1. The van der Waals surface area contributed by atoms with E-state index in [-0.39, 0.29) is 40.9 Å². The molecule has 2 aromatic rings. The second-order valence-electron chi connectivity index (χ2n) is 10.1. The Morgan fingerprint density at radius 1 is 1.21 bits per heavy atom. The fourth-order valence-corrected chi connectivity index (χ4v) is 5.45. The third kappa shape index (κ3) is 4.40. The molecule has 2 aromatic carbocycles. The van der Waals surface area contributed by atoms with Crippen molar-refractivity contribution in [2.75, 3.05) is 7.11 Å². The molecule has 8 nitrogen and oxygen atoms in total. The summed E-state index contributed by atoms with van der Waals surface area (Å²) < 4.78 is 17.5. The number of nitro groups is 1. The molecule has 1 fully saturated rings. The number of ether oxygens (including phenoxy) is 3. The first-order chi connectivity index (χ1) is 16.0. The first-order valence-electron chi connectivity index (χ1n) is 11.5. The van der Waals surface area contributed by atoms with Crippen molar-refractivity contribution >= 4 is 11.7 Å². The molecule has 34 heavy (non-hydrogen) atoms. The number of nitrogens with zero attached hydrogens (tertiary/aromatic N) is 1. The molecular formula is C26H31NO7. The Kier molecular flexibility index (Phi) is 6.40. The van der Waals surface area contributed by atoms with Gasteiger partial charge in [-0.3, -0.25) is 10.1 Å². The van der Waals surface area contributed by atoms with Gasteiger partial charge in [0.05, 0.1) is 23.2 Å². The molecule has 1 aliphatic heterocycles. The summed E-state index contributed by atoms with van der Waals surface area (Å²) in [7, 11) is 1.63. The Morgan fingerprint density at radius 3 is 2.56 bits per heavy atom. The number of aliphatic hydroxyl groups excluding tert-OH is 1. The molecule has 182 valence electrons. The Labute approximate surface area is 199 Å². The zero-order chi connectivity index (χ0) is 24.7. The van der Waals surface area contributed by atoms with Crippen LogP contribution in [0.15, 0.2) is 36.4 Å². The van der Waals surface area contributed by atoms with Gasteiger partial charge in [-0.25, -0.2) is 4.79 Å². The van der Waals surface area contributed by atoms with Crippen LogP contribution < -0.4 is 4.74 Å². The molecule has 8 heteroatoms. The summed E-state index contributed by atoms with van der Waals surface area (Å²) in [6.45, 7) is 6.73. The molecule has 0 spiro atoms. The van der Waals surface area contributed by atoms with Crippen molar-refractivity contribution in [3.8, 4) is 5.75 Å². The summed E-state index contributed by atoms with van der Waals surface area (Å²) in [5.74, 6) is 0.393. The van der Waals surface area contributed by atoms with Crippen LogP contribution >= 0.6 is 0 Å². The summed E-state index contributed by atoms with van der Waals surface area (Å²) in [6.07, 6.45) is 1.84. The summed E-state index contributed by atoms with van der Waals surface area (Å²) in [4.78, 5) is 22.8. The van der Waals surface area contributed by atoms with Crippen molar-refractivity contribution in [2.45, 2.75) is 65.0 Å². The predicted molar refractivity (Wildman–Crippen MR) is 125 cm³/mol. The van der Waals surface area contributed by atoms with Gasteiger partial charge in [0.25, 0.3) is 5.69 Å². The van der Waals surface area contributed by atoms with E-state index in [0.29, 0.717) is 13.0 Å². The van der Waals surface area contributed by atoms with E-state index >= 15 is 0 Å². The van der Waals surface area contributed by atoms with Crippen LogP contribution in [0.5, 0.6) is 5.75 Å². The maximum Gasteiger partial charge on any atom is 0.338 e. The molecule has 0 unspecified atom stereocenters. The van der Waals surface area contributed by atoms with Gasteiger partial charge in [-0.15, -0.1) is 0 Å². The third-order valence-electron chi connectivity index (χ3n) is 7.45. The molecule has 2 aliphatic rings. The van der Waals surface area contributed by atoms with Crippen molar-refractivity contribution in [3.63, 3.8) is 0 Å². The van der Waals surface area contributed by atoms with Gasteiger partial charge >= 0.3 is 5.97 Å². The minimum Gasteiger partial charge on any atom is -0.487 e. The lowest BCUT2D eigenvalue weighted by Gasteiger charge is -2.55. The van der Waals surface area contributed by atoms with Crippen LogP contribution in [0.4, 0.5) is 5.69 Å². The monoisotopic (exact) mass is 469 g/mol. The molecule has 4 rings (SSSR count). The number of nitro benzene ring substituents is 1. The highest BCUT2D eigenvalue weighted by atomic mass is 16.6. The van der Waals surface area contributed by atoms with Crippen molar-refractivity contribution in [1.82, 2.24) is 0 Å². The van der Waals surface area contributed by atoms with Crippen LogP contribution in [-0.4, -0.2) is 34.8 Å². The summed E-state index contributed by atoms with van der Waals surface area (Å²) in [5.41, 5.74) is 2.20. The molecule has 1 heterocycles. The van der Waals surface area contributed by atoms with E-state index in [4.69, 9.17) is 14.2 Å². The third-order valence-corrected chi connectivity index (χ3v) is 7.45. The van der Waals surface area contributed by atoms with Gasteiger partial charge in [0.15, 0.2) is 0 Å². The van der Waals surface area contributed by atoms with Crippen LogP contribution in [0.1, 0.15) is 60.7 Å². The Hall–Kier alpha value is -2.97. The van der Waals surface area contributed by atoms with E-state index in [1.807, 2.05) is 12.1 Å². The standard InChI is InChI=1S/C26H31NO7/c1-25(2)21-13-18-11-16(14-33-24(29)17-5-7-20(8-6-17)27(30)31)12-19(15-32-4)23(18)34-26(21,3)10-9-22(25)28/h5-8,11-12,21-22,28H,9-10,13-15H2,1-4H3/t21-,22-,26-/m1/s1. The number of esters is 1. The highest BCUT2D eigenvalue weighted by Gasteiger charge is 2.54. The summed E-state index contributed by atoms with van der Waals surface area (Å²) in [5, 5.41) is 21.5. The minimum absolute atomic E-state index is 0.0494. The van der Waals surface area contributed by atoms with Gasteiger partial charge in [0.2, 0.25) is 0 Å². The van der Waals surface area contributed by atoms with E-state index < -0.39 is 10.9 Å². The first kappa shape index (κ1) is 24.2. The van der Waals surface area contributed by atoms with Crippen molar-refractivity contribution in [2.24, 2.45) is 11.3 Å². The molecule has 0 radical (unpaired) electrons. The van der Waals surface area contributed by atoms with E-state index in [9.17, 15) is 20.0 Å². The number of fused-ring (bicyclic) bond motifs is 2. The maximum absolute atomic E-state index is 12.5. The molecule has 1 saturated carbocycles. The van der Waals surface area contributed by atoms with E-state index in [0.717, 1.165) is 35.3 Å². The molecule has 0 aromatic heterocycles. The lowest BCUT2D eigenvalue weighted by Crippen LogP contribution is -2.58. The van der Waals surface area contributed by atoms with Gasteiger partial charge in [-0.1, -0.05) is 13.8 Å². The molecule has 3 atom stereocenters. The molecule has 0 saturated heterocycles. The smallest absolute Gasteiger partial charge is 0.338 e. The Balaban J connectivity index is 1.57. The van der Waals surface area contributed by atoms with Gasteiger partial charge < -0.3 is 19.3 Å². The molecule has 0 amide bonds. The summed E-state index contributed by atoms with van der Waals surface area (Å²) in [6, 6.07) is 9.25. The highest BCUT2D eigenvalue weighted by Crippen LogP contribution is 2.53. The minimum atomic E-state index is -0.554. The SMILES string of the molecule is COCc1cc(COC(=O)c2ccc([N+](=O)[O-])cc2)cc2c1O[C@]1(C)CC[C@@H](O)C(C)(C)[C@H]1C2. The van der Waals surface area contributed by atoms with Gasteiger partial charge in [-0.05, 0) is 67.0 Å². The normalized spacial score (nSPS) is 25.0. The summed E-state index contributed by atoms with van der Waals surface area (Å²) >= 11 is 0. The second-order valence-corrected chi connectivity index (χ2v) is 10.1. The number of methoxy groups -OCH3 is 1. The van der Waals surface area contributed by atoms with Gasteiger partial charge in [0, 0.05) is 30.7 Å². The van der Waals surface area contributed by atoms with Crippen molar-refractivity contribution < 1.29 is 29.0 Å². The largest absolute Gasteiger partial charge is 0.487 e. The van der Waals surface area contributed by atoms with Crippen LogP contribution in [-0.2, 0) is 29.1 Å². The van der Waals surface area contributed by atoms with E-state index in [1.165, 1.54) is 24.3 Å². The number of hydrogen-bond acceptors (Lipinski definition) is 7. The van der Waals surface area contributed by atoms with Gasteiger partial charge in [0.1, 0.15) is 18.0 Å². The number of non-ortho nitro benzene ring substituents is 1. The average molecular weight is 470 g/mol.